The molecule has 0 radical (unpaired) electrons. The minimum absolute atomic E-state index is 1.14. The summed E-state index contributed by atoms with van der Waals surface area (Å²) in [6.07, 6.45) is 0. The number of thiophene rings is 1. The number of rotatable bonds is 0. The first kappa shape index (κ1) is 6.17. The molecule has 0 unspecified atom stereocenters. The zero-order chi connectivity index (χ0) is 6.15. The van der Waals surface area contributed by atoms with Crippen LogP contribution >= 0.6 is 24.0 Å². The summed E-state index contributed by atoms with van der Waals surface area (Å²) in [6, 6.07) is 2.15. The smallest absolute Gasteiger partial charge is 0.0600 e. The molecule has 1 aromatic rings. The molecule has 1 aromatic heterocycles. The summed E-state index contributed by atoms with van der Waals surface area (Å²) in [7, 11) is 0. The monoisotopic (exact) mass is 144 g/mol. The highest BCUT2D eigenvalue weighted by Gasteiger charge is 1.94. The topological polar surface area (TPSA) is 0 Å². The molecule has 0 saturated carbocycles. The van der Waals surface area contributed by atoms with Gasteiger partial charge in [-0.2, -0.15) is 0 Å². The molecule has 1 heterocycles. The molecule has 0 spiro atoms. The Balaban J connectivity index is 3.14. The molecule has 0 fully saturated rings. The lowest BCUT2D eigenvalue weighted by atomic mass is 10.4. The summed E-state index contributed by atoms with van der Waals surface area (Å²) in [4.78, 5) is 1.34. The Morgan fingerprint density at radius 1 is 1.50 bits per heavy atom. The summed E-state index contributed by atoms with van der Waals surface area (Å²) in [6.45, 7) is 4.17. The third-order valence-electron chi connectivity index (χ3n) is 1.01. The lowest BCUT2D eigenvalue weighted by Gasteiger charge is -1.78. The van der Waals surface area contributed by atoms with Gasteiger partial charge in [-0.05, 0) is 25.5 Å². The molecule has 0 aliphatic rings. The predicted molar refractivity (Wildman–Crippen MR) is 41.0 cm³/mol. The molecule has 0 aromatic carbocycles. The first-order chi connectivity index (χ1) is 3.70. The summed E-state index contributed by atoms with van der Waals surface area (Å²) < 4.78 is 1.14. The molecule has 0 bridgehead atoms. The summed E-state index contributed by atoms with van der Waals surface area (Å²) in [5, 5.41) is 0. The molecular formula is C6H8S2. The third-order valence-corrected chi connectivity index (χ3v) is 2.60. The van der Waals surface area contributed by atoms with E-state index in [-0.39, 0.29) is 0 Å². The highest BCUT2D eigenvalue weighted by atomic mass is 32.2. The van der Waals surface area contributed by atoms with Gasteiger partial charge in [0.05, 0.1) is 4.21 Å². The SMILES string of the molecule is Cc1cc(C)c(S)s1. The maximum absolute atomic E-state index is 4.24. The molecule has 0 aliphatic heterocycles. The summed E-state index contributed by atoms with van der Waals surface area (Å²) in [5.74, 6) is 0. The Hall–Kier alpha value is 0.0500. The fourth-order valence-corrected chi connectivity index (χ4v) is 1.89. The van der Waals surface area contributed by atoms with Gasteiger partial charge in [0.2, 0.25) is 0 Å². The highest BCUT2D eigenvalue weighted by molar-refractivity contribution is 7.83. The average Bonchev–Trinajstić information content (AvgIpc) is 1.85. The van der Waals surface area contributed by atoms with Crippen LogP contribution in [0.2, 0.25) is 0 Å². The standard InChI is InChI=1S/C6H8S2/c1-4-3-5(2)8-6(4)7/h3,7H,1-2H3. The first-order valence-electron chi connectivity index (χ1n) is 2.46. The number of hydrogen-bond acceptors (Lipinski definition) is 2. The van der Waals surface area contributed by atoms with Crippen LogP contribution in [0, 0.1) is 13.8 Å². The van der Waals surface area contributed by atoms with E-state index in [1.54, 1.807) is 11.3 Å². The molecule has 0 saturated heterocycles. The normalized spacial score (nSPS) is 9.88. The predicted octanol–water partition coefficient (Wildman–Crippen LogP) is 2.65. The molecule has 0 N–H and O–H groups in total. The maximum atomic E-state index is 4.24. The van der Waals surface area contributed by atoms with Gasteiger partial charge in [-0.3, -0.25) is 0 Å². The molecule has 1 rings (SSSR count). The molecular weight excluding hydrogens is 136 g/mol. The van der Waals surface area contributed by atoms with E-state index in [0.717, 1.165) is 4.21 Å². The van der Waals surface area contributed by atoms with Crippen LogP contribution in [0.3, 0.4) is 0 Å². The van der Waals surface area contributed by atoms with E-state index in [4.69, 9.17) is 0 Å². The lowest BCUT2D eigenvalue weighted by molar-refractivity contribution is 1.42. The van der Waals surface area contributed by atoms with Gasteiger partial charge in [-0.15, -0.1) is 24.0 Å². The molecule has 0 aliphatic carbocycles. The summed E-state index contributed by atoms with van der Waals surface area (Å²) in [5.41, 5.74) is 1.29. The molecule has 0 amide bonds. The van der Waals surface area contributed by atoms with E-state index in [0.29, 0.717) is 0 Å². The number of aryl methyl sites for hydroxylation is 2. The average molecular weight is 144 g/mol. The molecule has 0 nitrogen and oxygen atoms in total. The Bertz CT molecular complexity index is 169. The fourth-order valence-electron chi connectivity index (χ4n) is 0.629. The zero-order valence-corrected chi connectivity index (χ0v) is 6.64. The van der Waals surface area contributed by atoms with Crippen LogP contribution in [-0.4, -0.2) is 0 Å². The molecule has 8 heavy (non-hydrogen) atoms. The van der Waals surface area contributed by atoms with Crippen LogP contribution in [0.25, 0.3) is 0 Å². The van der Waals surface area contributed by atoms with Gasteiger partial charge < -0.3 is 0 Å². The van der Waals surface area contributed by atoms with Crippen LogP contribution in [0.4, 0.5) is 0 Å². The van der Waals surface area contributed by atoms with E-state index in [2.05, 4.69) is 32.5 Å². The molecule has 0 atom stereocenters. The van der Waals surface area contributed by atoms with Crippen LogP contribution in [0.5, 0.6) is 0 Å². The Morgan fingerprint density at radius 2 is 2.12 bits per heavy atom. The van der Waals surface area contributed by atoms with E-state index < -0.39 is 0 Å². The van der Waals surface area contributed by atoms with Crippen molar-refractivity contribution in [3.8, 4) is 0 Å². The highest BCUT2D eigenvalue weighted by Crippen LogP contribution is 2.23. The maximum Gasteiger partial charge on any atom is 0.0600 e. The van der Waals surface area contributed by atoms with Crippen molar-refractivity contribution in [1.82, 2.24) is 0 Å². The second-order valence-corrected chi connectivity index (χ2v) is 3.85. The van der Waals surface area contributed by atoms with Gasteiger partial charge in [0, 0.05) is 4.88 Å². The second kappa shape index (κ2) is 2.11. The molecule has 44 valence electrons. The second-order valence-electron chi connectivity index (χ2n) is 1.85. The Morgan fingerprint density at radius 3 is 2.25 bits per heavy atom. The summed E-state index contributed by atoms with van der Waals surface area (Å²) >= 11 is 5.97. The number of hydrogen-bond donors (Lipinski definition) is 1. The van der Waals surface area contributed by atoms with Gasteiger partial charge >= 0.3 is 0 Å². The fraction of sp³-hybridized carbons (Fsp3) is 0.333. The van der Waals surface area contributed by atoms with Crippen molar-refractivity contribution in [2.24, 2.45) is 0 Å². The number of thiol groups is 1. The van der Waals surface area contributed by atoms with E-state index in [1.807, 2.05) is 0 Å². The Labute approximate surface area is 59.0 Å². The van der Waals surface area contributed by atoms with E-state index in [1.165, 1.54) is 10.4 Å². The van der Waals surface area contributed by atoms with E-state index >= 15 is 0 Å². The largest absolute Gasteiger partial charge is 0.134 e. The van der Waals surface area contributed by atoms with Gasteiger partial charge in [0.25, 0.3) is 0 Å². The van der Waals surface area contributed by atoms with Crippen LogP contribution in [-0.2, 0) is 0 Å². The van der Waals surface area contributed by atoms with Gasteiger partial charge in [-0.25, -0.2) is 0 Å². The van der Waals surface area contributed by atoms with Crippen LogP contribution in [0.15, 0.2) is 10.3 Å². The van der Waals surface area contributed by atoms with Gasteiger partial charge in [0.1, 0.15) is 0 Å². The van der Waals surface area contributed by atoms with Crippen molar-refractivity contribution in [3.63, 3.8) is 0 Å². The first-order valence-corrected chi connectivity index (χ1v) is 3.72. The van der Waals surface area contributed by atoms with Gasteiger partial charge in [-0.1, -0.05) is 0 Å². The van der Waals surface area contributed by atoms with Crippen molar-refractivity contribution < 1.29 is 0 Å². The lowest BCUT2D eigenvalue weighted by Crippen LogP contribution is -1.57. The minimum atomic E-state index is 1.14. The van der Waals surface area contributed by atoms with Crippen LogP contribution < -0.4 is 0 Å². The van der Waals surface area contributed by atoms with E-state index in [9.17, 15) is 0 Å². The van der Waals surface area contributed by atoms with Crippen molar-refractivity contribution in [1.29, 1.82) is 0 Å². The third kappa shape index (κ3) is 1.06. The molecule has 2 heteroatoms. The minimum Gasteiger partial charge on any atom is -0.134 e. The van der Waals surface area contributed by atoms with Gasteiger partial charge in [0.15, 0.2) is 0 Å². The van der Waals surface area contributed by atoms with Crippen LogP contribution in [0.1, 0.15) is 10.4 Å². The Kier molecular flexibility index (Phi) is 1.63. The van der Waals surface area contributed by atoms with Crippen molar-refractivity contribution in [2.75, 3.05) is 0 Å². The van der Waals surface area contributed by atoms with Crippen molar-refractivity contribution in [2.45, 2.75) is 18.1 Å². The zero-order valence-electron chi connectivity index (χ0n) is 4.93. The quantitative estimate of drug-likeness (QED) is 0.532. The van der Waals surface area contributed by atoms with Crippen molar-refractivity contribution in [3.05, 3.63) is 16.5 Å². The van der Waals surface area contributed by atoms with Crippen molar-refractivity contribution >= 4 is 24.0 Å².